The lowest BCUT2D eigenvalue weighted by molar-refractivity contribution is -0.124. The van der Waals surface area contributed by atoms with Crippen molar-refractivity contribution in [3.63, 3.8) is 0 Å². The van der Waals surface area contributed by atoms with E-state index in [0.29, 0.717) is 6.54 Å². The van der Waals surface area contributed by atoms with Gasteiger partial charge < -0.3 is 16.0 Å². The normalized spacial score (nSPS) is 19.4. The molecule has 1 amide bonds. The van der Waals surface area contributed by atoms with Crippen LogP contribution >= 0.6 is 0 Å². The Morgan fingerprint density at radius 2 is 2.25 bits per heavy atom. The van der Waals surface area contributed by atoms with Crippen LogP contribution in [0.15, 0.2) is 6.20 Å². The minimum Gasteiger partial charge on any atom is -0.368 e. The number of amides is 1. The molecule has 0 aromatic carbocycles. The first-order chi connectivity index (χ1) is 7.43. The number of carbonyl (C=O) groups excluding carboxylic acids is 1. The third-order valence-electron chi connectivity index (χ3n) is 3.29. The molecule has 1 aromatic heterocycles. The van der Waals surface area contributed by atoms with Gasteiger partial charge in [0.25, 0.3) is 0 Å². The quantitative estimate of drug-likeness (QED) is 0.757. The van der Waals surface area contributed by atoms with Crippen LogP contribution in [0, 0.1) is 19.8 Å². The van der Waals surface area contributed by atoms with E-state index >= 15 is 0 Å². The average Bonchev–Trinajstić information content (AvgIpc) is 2.95. The minimum absolute atomic E-state index is 0.229. The minimum atomic E-state index is -0.919. The van der Waals surface area contributed by atoms with Crippen LogP contribution in [0.4, 0.5) is 0 Å². The smallest absolute Gasteiger partial charge is 0.239 e. The third kappa shape index (κ3) is 1.82. The number of nitrogens with two attached hydrogens (primary N) is 2. The molecule has 5 heteroatoms. The van der Waals surface area contributed by atoms with Crippen molar-refractivity contribution in [2.45, 2.75) is 38.8 Å². The van der Waals surface area contributed by atoms with Gasteiger partial charge in [0.15, 0.2) is 0 Å². The van der Waals surface area contributed by atoms with Crippen molar-refractivity contribution in [1.29, 1.82) is 0 Å². The first-order valence-electron chi connectivity index (χ1n) is 5.52. The van der Waals surface area contributed by atoms with E-state index in [1.807, 2.05) is 24.6 Å². The van der Waals surface area contributed by atoms with Crippen molar-refractivity contribution in [3.8, 4) is 0 Å². The maximum atomic E-state index is 11.5. The summed E-state index contributed by atoms with van der Waals surface area (Å²) >= 11 is 0. The van der Waals surface area contributed by atoms with Gasteiger partial charge in [0.2, 0.25) is 5.91 Å². The Hall–Kier alpha value is -1.36. The lowest BCUT2D eigenvalue weighted by atomic mass is 9.93. The van der Waals surface area contributed by atoms with Crippen LogP contribution in [-0.4, -0.2) is 21.0 Å². The third-order valence-corrected chi connectivity index (χ3v) is 3.29. The highest BCUT2D eigenvalue weighted by Crippen LogP contribution is 2.39. The van der Waals surface area contributed by atoms with Gasteiger partial charge in [-0.15, -0.1) is 0 Å². The van der Waals surface area contributed by atoms with E-state index in [2.05, 4.69) is 4.98 Å². The largest absolute Gasteiger partial charge is 0.368 e. The van der Waals surface area contributed by atoms with Crippen molar-refractivity contribution in [3.05, 3.63) is 17.7 Å². The second kappa shape index (κ2) is 3.59. The molecule has 0 saturated heterocycles. The molecule has 1 heterocycles. The molecule has 1 saturated carbocycles. The predicted molar refractivity (Wildman–Crippen MR) is 60.5 cm³/mol. The zero-order chi connectivity index (χ0) is 11.9. The molecule has 1 fully saturated rings. The molecule has 1 unspecified atom stereocenters. The van der Waals surface area contributed by atoms with Gasteiger partial charge in [0.05, 0.1) is 12.2 Å². The average molecular weight is 222 g/mol. The summed E-state index contributed by atoms with van der Waals surface area (Å²) in [7, 11) is 0. The predicted octanol–water partition coefficient (Wildman–Crippen LogP) is 0.0927. The summed E-state index contributed by atoms with van der Waals surface area (Å²) in [4.78, 5) is 15.8. The van der Waals surface area contributed by atoms with Gasteiger partial charge in [-0.3, -0.25) is 4.79 Å². The number of aryl methyl sites for hydroxylation is 2. The van der Waals surface area contributed by atoms with Crippen LogP contribution in [0.25, 0.3) is 0 Å². The van der Waals surface area contributed by atoms with Crippen LogP contribution in [0.3, 0.4) is 0 Å². The van der Waals surface area contributed by atoms with E-state index in [-0.39, 0.29) is 5.92 Å². The first-order valence-corrected chi connectivity index (χ1v) is 5.52. The maximum Gasteiger partial charge on any atom is 0.239 e. The van der Waals surface area contributed by atoms with Crippen LogP contribution < -0.4 is 11.5 Å². The van der Waals surface area contributed by atoms with Crippen molar-refractivity contribution in [2.75, 3.05) is 0 Å². The Morgan fingerprint density at radius 1 is 1.62 bits per heavy atom. The SMILES string of the molecule is Cc1cn(CC(N)(C(N)=O)C2CC2)c(C)n1. The van der Waals surface area contributed by atoms with Gasteiger partial charge in [-0.25, -0.2) is 4.98 Å². The molecule has 88 valence electrons. The van der Waals surface area contributed by atoms with Crippen LogP contribution in [-0.2, 0) is 11.3 Å². The molecule has 0 aliphatic heterocycles. The molecule has 1 aromatic rings. The molecule has 0 bridgehead atoms. The van der Waals surface area contributed by atoms with Gasteiger partial charge in [-0.1, -0.05) is 0 Å². The number of hydrogen-bond donors (Lipinski definition) is 2. The number of hydrogen-bond acceptors (Lipinski definition) is 3. The standard InChI is InChI=1S/C11H18N4O/c1-7-5-15(8(2)14-7)6-11(13,10(12)16)9-3-4-9/h5,9H,3-4,6,13H2,1-2H3,(H2,12,16). The topological polar surface area (TPSA) is 86.9 Å². The van der Waals surface area contributed by atoms with Gasteiger partial charge in [0.1, 0.15) is 11.4 Å². The van der Waals surface area contributed by atoms with Crippen LogP contribution in [0.2, 0.25) is 0 Å². The summed E-state index contributed by atoms with van der Waals surface area (Å²) in [5.74, 6) is 0.682. The fourth-order valence-corrected chi connectivity index (χ4v) is 2.12. The molecule has 2 rings (SSSR count). The first kappa shape index (κ1) is 11.1. The molecule has 1 aliphatic carbocycles. The molecule has 0 spiro atoms. The molecule has 0 radical (unpaired) electrons. The molecule has 1 aliphatic rings. The summed E-state index contributed by atoms with van der Waals surface area (Å²) in [6.07, 6.45) is 3.89. The zero-order valence-corrected chi connectivity index (χ0v) is 9.73. The Bertz CT molecular complexity index is 422. The van der Waals surface area contributed by atoms with E-state index in [0.717, 1.165) is 24.4 Å². The lowest BCUT2D eigenvalue weighted by Gasteiger charge is -2.26. The number of aromatic nitrogens is 2. The van der Waals surface area contributed by atoms with Gasteiger partial charge in [0, 0.05) is 6.20 Å². The van der Waals surface area contributed by atoms with Crippen LogP contribution in [0.5, 0.6) is 0 Å². The molecule has 5 nitrogen and oxygen atoms in total. The highest BCUT2D eigenvalue weighted by Gasteiger charge is 2.47. The molecule has 1 atom stereocenters. The number of imidazole rings is 1. The second-order valence-corrected chi connectivity index (χ2v) is 4.74. The Balaban J connectivity index is 2.24. The van der Waals surface area contributed by atoms with E-state index in [9.17, 15) is 4.79 Å². The van der Waals surface area contributed by atoms with E-state index in [4.69, 9.17) is 11.5 Å². The fraction of sp³-hybridized carbons (Fsp3) is 0.636. The summed E-state index contributed by atoms with van der Waals surface area (Å²) in [6.45, 7) is 4.25. The maximum absolute atomic E-state index is 11.5. The van der Waals surface area contributed by atoms with Crippen molar-refractivity contribution < 1.29 is 4.79 Å². The van der Waals surface area contributed by atoms with Crippen LogP contribution in [0.1, 0.15) is 24.4 Å². The zero-order valence-electron chi connectivity index (χ0n) is 9.73. The highest BCUT2D eigenvalue weighted by molar-refractivity contribution is 5.85. The molecular formula is C11H18N4O. The summed E-state index contributed by atoms with van der Waals surface area (Å²) in [5, 5.41) is 0. The Labute approximate surface area is 94.8 Å². The fourth-order valence-electron chi connectivity index (χ4n) is 2.12. The van der Waals surface area contributed by atoms with Gasteiger partial charge in [-0.2, -0.15) is 0 Å². The molecule has 4 N–H and O–H groups in total. The van der Waals surface area contributed by atoms with Crippen molar-refractivity contribution >= 4 is 5.91 Å². The van der Waals surface area contributed by atoms with E-state index < -0.39 is 11.4 Å². The number of carbonyl (C=O) groups is 1. The van der Waals surface area contributed by atoms with E-state index in [1.165, 1.54) is 0 Å². The summed E-state index contributed by atoms with van der Waals surface area (Å²) < 4.78 is 1.92. The number of nitrogens with zero attached hydrogens (tertiary/aromatic N) is 2. The van der Waals surface area contributed by atoms with Crippen molar-refractivity contribution in [2.24, 2.45) is 17.4 Å². The highest BCUT2D eigenvalue weighted by atomic mass is 16.1. The van der Waals surface area contributed by atoms with E-state index in [1.54, 1.807) is 0 Å². The molecule has 16 heavy (non-hydrogen) atoms. The summed E-state index contributed by atoms with van der Waals surface area (Å²) in [5.41, 5.74) is 11.6. The Kier molecular flexibility index (Phi) is 2.50. The van der Waals surface area contributed by atoms with Gasteiger partial charge in [-0.05, 0) is 32.6 Å². The van der Waals surface area contributed by atoms with Crippen molar-refractivity contribution in [1.82, 2.24) is 9.55 Å². The Morgan fingerprint density at radius 3 is 2.62 bits per heavy atom. The molecular weight excluding hydrogens is 204 g/mol. The lowest BCUT2D eigenvalue weighted by Crippen LogP contribution is -2.56. The number of rotatable bonds is 4. The monoisotopic (exact) mass is 222 g/mol. The number of primary amides is 1. The summed E-state index contributed by atoms with van der Waals surface area (Å²) in [6, 6.07) is 0. The van der Waals surface area contributed by atoms with Gasteiger partial charge >= 0.3 is 0 Å². The second-order valence-electron chi connectivity index (χ2n) is 4.74.